The SMILES string of the molecule is CC(CCNC(=O)C1CCNCC1)C(=O)O. The van der Waals surface area contributed by atoms with Gasteiger partial charge in [-0.15, -0.1) is 0 Å². The Kier molecular flexibility index (Phi) is 5.25. The number of rotatable bonds is 5. The van der Waals surface area contributed by atoms with Crippen molar-refractivity contribution in [1.29, 1.82) is 0 Å². The molecule has 1 rings (SSSR count). The molecule has 0 aromatic carbocycles. The van der Waals surface area contributed by atoms with Crippen LogP contribution in [0.2, 0.25) is 0 Å². The molecule has 0 bridgehead atoms. The Morgan fingerprint density at radius 3 is 2.62 bits per heavy atom. The summed E-state index contributed by atoms with van der Waals surface area (Å²) in [5, 5.41) is 14.7. The van der Waals surface area contributed by atoms with Crippen LogP contribution in [0.3, 0.4) is 0 Å². The Morgan fingerprint density at radius 1 is 1.44 bits per heavy atom. The van der Waals surface area contributed by atoms with E-state index in [1.165, 1.54) is 0 Å². The predicted molar refractivity (Wildman–Crippen MR) is 60.0 cm³/mol. The molecule has 1 fully saturated rings. The molecule has 1 saturated heterocycles. The number of hydrogen-bond donors (Lipinski definition) is 3. The van der Waals surface area contributed by atoms with Gasteiger partial charge in [0, 0.05) is 12.5 Å². The second kappa shape index (κ2) is 6.48. The maximum atomic E-state index is 11.7. The van der Waals surface area contributed by atoms with Gasteiger partial charge in [-0.2, -0.15) is 0 Å². The first-order valence-corrected chi connectivity index (χ1v) is 5.82. The molecule has 0 spiro atoms. The molecule has 0 saturated carbocycles. The van der Waals surface area contributed by atoms with Crippen LogP contribution in [0.5, 0.6) is 0 Å². The topological polar surface area (TPSA) is 78.4 Å². The monoisotopic (exact) mass is 228 g/mol. The number of amides is 1. The first-order valence-electron chi connectivity index (χ1n) is 5.82. The highest BCUT2D eigenvalue weighted by molar-refractivity contribution is 5.78. The lowest BCUT2D eigenvalue weighted by Gasteiger charge is -2.21. The van der Waals surface area contributed by atoms with E-state index in [1.54, 1.807) is 6.92 Å². The second-order valence-electron chi connectivity index (χ2n) is 4.34. The summed E-state index contributed by atoms with van der Waals surface area (Å²) in [5.74, 6) is -1.04. The number of aliphatic carboxylic acids is 1. The quantitative estimate of drug-likeness (QED) is 0.628. The molecule has 1 atom stereocenters. The van der Waals surface area contributed by atoms with E-state index in [1.807, 2.05) is 0 Å². The summed E-state index contributed by atoms with van der Waals surface area (Å²) in [7, 11) is 0. The third-order valence-electron chi connectivity index (χ3n) is 3.01. The fourth-order valence-corrected chi connectivity index (χ4v) is 1.76. The summed E-state index contributed by atoms with van der Waals surface area (Å²) in [6, 6.07) is 0. The number of nitrogens with one attached hydrogen (secondary N) is 2. The molecule has 1 unspecified atom stereocenters. The van der Waals surface area contributed by atoms with Gasteiger partial charge in [0.05, 0.1) is 5.92 Å². The van der Waals surface area contributed by atoms with Crippen LogP contribution >= 0.6 is 0 Å². The zero-order valence-corrected chi connectivity index (χ0v) is 9.66. The summed E-state index contributed by atoms with van der Waals surface area (Å²) in [6.45, 7) is 3.89. The summed E-state index contributed by atoms with van der Waals surface area (Å²) in [6.07, 6.45) is 2.24. The Labute approximate surface area is 95.6 Å². The van der Waals surface area contributed by atoms with Gasteiger partial charge in [0.25, 0.3) is 0 Å². The van der Waals surface area contributed by atoms with Crippen molar-refractivity contribution in [3.63, 3.8) is 0 Å². The molecule has 0 aromatic rings. The molecule has 1 amide bonds. The maximum absolute atomic E-state index is 11.7. The molecular weight excluding hydrogens is 208 g/mol. The van der Waals surface area contributed by atoms with E-state index in [4.69, 9.17) is 5.11 Å². The van der Waals surface area contributed by atoms with Crippen molar-refractivity contribution in [3.05, 3.63) is 0 Å². The van der Waals surface area contributed by atoms with Crippen LogP contribution in [0, 0.1) is 11.8 Å². The number of carbonyl (C=O) groups is 2. The molecule has 16 heavy (non-hydrogen) atoms. The minimum Gasteiger partial charge on any atom is -0.481 e. The van der Waals surface area contributed by atoms with E-state index < -0.39 is 11.9 Å². The van der Waals surface area contributed by atoms with Crippen LogP contribution in [-0.4, -0.2) is 36.6 Å². The maximum Gasteiger partial charge on any atom is 0.306 e. The fraction of sp³-hybridized carbons (Fsp3) is 0.818. The molecule has 0 radical (unpaired) electrons. The van der Waals surface area contributed by atoms with Crippen LogP contribution in [0.4, 0.5) is 0 Å². The van der Waals surface area contributed by atoms with Gasteiger partial charge in [-0.05, 0) is 32.4 Å². The fourth-order valence-electron chi connectivity index (χ4n) is 1.76. The standard InChI is InChI=1S/C11H20N2O3/c1-8(11(15)16)2-7-13-10(14)9-3-5-12-6-4-9/h8-9,12H,2-7H2,1H3,(H,13,14)(H,15,16). The number of carboxylic acid groups (broad SMARTS) is 1. The lowest BCUT2D eigenvalue weighted by Crippen LogP contribution is -2.38. The van der Waals surface area contributed by atoms with E-state index in [-0.39, 0.29) is 11.8 Å². The molecule has 3 N–H and O–H groups in total. The third-order valence-corrected chi connectivity index (χ3v) is 3.01. The van der Waals surface area contributed by atoms with Gasteiger partial charge >= 0.3 is 5.97 Å². The molecule has 0 aromatic heterocycles. The van der Waals surface area contributed by atoms with Gasteiger partial charge in [0.2, 0.25) is 5.91 Å². The number of piperidine rings is 1. The van der Waals surface area contributed by atoms with Crippen LogP contribution in [0.1, 0.15) is 26.2 Å². The lowest BCUT2D eigenvalue weighted by molar-refractivity contribution is -0.141. The van der Waals surface area contributed by atoms with Crippen molar-refractivity contribution in [1.82, 2.24) is 10.6 Å². The highest BCUT2D eigenvalue weighted by atomic mass is 16.4. The van der Waals surface area contributed by atoms with Crippen molar-refractivity contribution in [2.24, 2.45) is 11.8 Å². The number of carbonyl (C=O) groups excluding carboxylic acids is 1. The van der Waals surface area contributed by atoms with Gasteiger partial charge in [-0.1, -0.05) is 6.92 Å². The Hall–Kier alpha value is -1.10. The summed E-state index contributed by atoms with van der Waals surface area (Å²) >= 11 is 0. The van der Waals surface area contributed by atoms with Gasteiger partial charge in [0.15, 0.2) is 0 Å². The van der Waals surface area contributed by atoms with Crippen LogP contribution in [0.25, 0.3) is 0 Å². The van der Waals surface area contributed by atoms with Crippen LogP contribution < -0.4 is 10.6 Å². The van der Waals surface area contributed by atoms with Crippen LogP contribution in [0.15, 0.2) is 0 Å². The normalized spacial score (nSPS) is 19.1. The van der Waals surface area contributed by atoms with Crippen molar-refractivity contribution in [3.8, 4) is 0 Å². The Balaban J connectivity index is 2.16. The largest absolute Gasteiger partial charge is 0.481 e. The average Bonchev–Trinajstić information content (AvgIpc) is 2.29. The van der Waals surface area contributed by atoms with Crippen molar-refractivity contribution < 1.29 is 14.7 Å². The van der Waals surface area contributed by atoms with Gasteiger partial charge < -0.3 is 15.7 Å². The van der Waals surface area contributed by atoms with E-state index in [0.29, 0.717) is 13.0 Å². The first-order chi connectivity index (χ1) is 7.61. The molecule has 1 aliphatic heterocycles. The van der Waals surface area contributed by atoms with Crippen molar-refractivity contribution >= 4 is 11.9 Å². The molecule has 5 nitrogen and oxygen atoms in total. The summed E-state index contributed by atoms with van der Waals surface area (Å²) < 4.78 is 0. The van der Waals surface area contributed by atoms with E-state index >= 15 is 0 Å². The van der Waals surface area contributed by atoms with Gasteiger partial charge in [-0.3, -0.25) is 9.59 Å². The van der Waals surface area contributed by atoms with E-state index in [9.17, 15) is 9.59 Å². The molecule has 5 heteroatoms. The van der Waals surface area contributed by atoms with Crippen LogP contribution in [-0.2, 0) is 9.59 Å². The summed E-state index contributed by atoms with van der Waals surface area (Å²) in [4.78, 5) is 22.2. The van der Waals surface area contributed by atoms with E-state index in [0.717, 1.165) is 25.9 Å². The molecule has 92 valence electrons. The Bertz CT molecular complexity index is 250. The zero-order chi connectivity index (χ0) is 12.0. The average molecular weight is 228 g/mol. The van der Waals surface area contributed by atoms with Gasteiger partial charge in [-0.25, -0.2) is 0 Å². The molecule has 1 heterocycles. The van der Waals surface area contributed by atoms with Crippen molar-refractivity contribution in [2.75, 3.05) is 19.6 Å². The van der Waals surface area contributed by atoms with E-state index in [2.05, 4.69) is 10.6 Å². The first kappa shape index (κ1) is 13.0. The van der Waals surface area contributed by atoms with Crippen molar-refractivity contribution in [2.45, 2.75) is 26.2 Å². The highest BCUT2D eigenvalue weighted by Gasteiger charge is 2.20. The lowest BCUT2D eigenvalue weighted by atomic mass is 9.97. The molecule has 1 aliphatic rings. The zero-order valence-electron chi connectivity index (χ0n) is 9.66. The minimum atomic E-state index is -0.809. The van der Waals surface area contributed by atoms with Gasteiger partial charge in [0.1, 0.15) is 0 Å². The Morgan fingerprint density at radius 2 is 2.06 bits per heavy atom. The molecular formula is C11H20N2O3. The predicted octanol–water partition coefficient (Wildman–Crippen LogP) is 0.213. The minimum absolute atomic E-state index is 0.0686. The second-order valence-corrected chi connectivity index (χ2v) is 4.34. The number of carboxylic acids is 1. The summed E-state index contributed by atoms with van der Waals surface area (Å²) in [5.41, 5.74) is 0. The smallest absolute Gasteiger partial charge is 0.306 e. The molecule has 0 aliphatic carbocycles. The number of hydrogen-bond acceptors (Lipinski definition) is 3. The third kappa shape index (κ3) is 4.18. The highest BCUT2D eigenvalue weighted by Crippen LogP contribution is 2.11.